The Labute approximate surface area is 108 Å². The molecule has 1 saturated heterocycles. The van der Waals surface area contributed by atoms with Gasteiger partial charge in [0.05, 0.1) is 12.6 Å². The number of aromatic nitrogens is 2. The van der Waals surface area contributed by atoms with Gasteiger partial charge in [0.1, 0.15) is 0 Å². The third-order valence-corrected chi connectivity index (χ3v) is 3.20. The monoisotopic (exact) mass is 253 g/mol. The average Bonchev–Trinajstić information content (AvgIpc) is 2.95. The number of ether oxygens (including phenoxy) is 1. The topological polar surface area (TPSA) is 60.2 Å². The predicted octanol–water partition coefficient (Wildman–Crippen LogP) is 1.93. The van der Waals surface area contributed by atoms with Crippen molar-refractivity contribution >= 4 is 0 Å². The Balaban J connectivity index is 1.77. The van der Waals surface area contributed by atoms with E-state index in [2.05, 4.69) is 36.2 Å². The number of hydrogen-bond acceptors (Lipinski definition) is 5. The van der Waals surface area contributed by atoms with Crippen LogP contribution in [0.3, 0.4) is 0 Å². The van der Waals surface area contributed by atoms with Gasteiger partial charge >= 0.3 is 0 Å². The lowest BCUT2D eigenvalue weighted by Gasteiger charge is -2.18. The molecule has 18 heavy (non-hydrogen) atoms. The highest BCUT2D eigenvalue weighted by molar-refractivity contribution is 4.88. The van der Waals surface area contributed by atoms with Crippen molar-refractivity contribution in [3.8, 4) is 0 Å². The summed E-state index contributed by atoms with van der Waals surface area (Å²) < 4.78 is 10.8. The second kappa shape index (κ2) is 6.29. The molecule has 0 aliphatic carbocycles. The van der Waals surface area contributed by atoms with Gasteiger partial charge in [0.2, 0.25) is 5.89 Å². The zero-order valence-corrected chi connectivity index (χ0v) is 11.5. The lowest BCUT2D eigenvalue weighted by molar-refractivity contribution is 0.0829. The molecule has 0 amide bonds. The van der Waals surface area contributed by atoms with Gasteiger partial charge in [0, 0.05) is 19.1 Å². The van der Waals surface area contributed by atoms with Crippen LogP contribution in [-0.4, -0.2) is 28.9 Å². The fourth-order valence-corrected chi connectivity index (χ4v) is 2.17. The molecular weight excluding hydrogens is 230 g/mol. The standard InChI is InChI=1S/C13H23N3O2/c1-9(2)7-13-15-12(16-18-13)8-14-10(3)11-5-4-6-17-11/h9-11,14H,4-8H2,1-3H3/t10-,11-/m1/s1. The molecule has 0 spiro atoms. The average molecular weight is 253 g/mol. The summed E-state index contributed by atoms with van der Waals surface area (Å²) in [5.74, 6) is 2.00. The molecule has 2 atom stereocenters. The normalized spacial score (nSPS) is 21.7. The largest absolute Gasteiger partial charge is 0.377 e. The van der Waals surface area contributed by atoms with Crippen LogP contribution < -0.4 is 5.32 Å². The highest BCUT2D eigenvalue weighted by atomic mass is 16.5. The molecule has 1 aromatic rings. The van der Waals surface area contributed by atoms with Gasteiger partial charge < -0.3 is 14.6 Å². The minimum Gasteiger partial charge on any atom is -0.377 e. The Morgan fingerprint density at radius 1 is 1.39 bits per heavy atom. The number of nitrogens with zero attached hydrogens (tertiary/aromatic N) is 2. The lowest BCUT2D eigenvalue weighted by Crippen LogP contribution is -2.36. The molecule has 5 heteroatoms. The molecule has 1 aromatic heterocycles. The van der Waals surface area contributed by atoms with E-state index in [1.807, 2.05) is 0 Å². The van der Waals surface area contributed by atoms with Crippen LogP contribution in [0.15, 0.2) is 4.52 Å². The Morgan fingerprint density at radius 2 is 2.22 bits per heavy atom. The number of nitrogens with one attached hydrogen (secondary N) is 1. The Hall–Kier alpha value is -0.940. The van der Waals surface area contributed by atoms with Crippen LogP contribution >= 0.6 is 0 Å². The molecule has 0 aromatic carbocycles. The summed E-state index contributed by atoms with van der Waals surface area (Å²) in [6.45, 7) is 7.95. The van der Waals surface area contributed by atoms with Crippen molar-refractivity contribution < 1.29 is 9.26 Å². The van der Waals surface area contributed by atoms with Crippen molar-refractivity contribution in [1.82, 2.24) is 15.5 Å². The van der Waals surface area contributed by atoms with Crippen molar-refractivity contribution in [3.05, 3.63) is 11.7 Å². The van der Waals surface area contributed by atoms with Gasteiger partial charge in [-0.1, -0.05) is 19.0 Å². The highest BCUT2D eigenvalue weighted by Crippen LogP contribution is 2.15. The first-order valence-electron chi connectivity index (χ1n) is 6.81. The van der Waals surface area contributed by atoms with Crippen LogP contribution in [0, 0.1) is 5.92 Å². The summed E-state index contributed by atoms with van der Waals surface area (Å²) in [5.41, 5.74) is 0. The van der Waals surface area contributed by atoms with Gasteiger partial charge in [-0.05, 0) is 25.7 Å². The zero-order valence-electron chi connectivity index (χ0n) is 11.5. The van der Waals surface area contributed by atoms with Gasteiger partial charge in [-0.2, -0.15) is 4.98 Å². The van der Waals surface area contributed by atoms with E-state index in [-0.39, 0.29) is 0 Å². The molecule has 0 saturated carbocycles. The SMILES string of the molecule is CC(C)Cc1nc(CN[C@H](C)[C@H]2CCCO2)no1. The fourth-order valence-electron chi connectivity index (χ4n) is 2.17. The lowest BCUT2D eigenvalue weighted by atomic mass is 10.1. The Kier molecular flexibility index (Phi) is 4.72. The summed E-state index contributed by atoms with van der Waals surface area (Å²) >= 11 is 0. The number of rotatable bonds is 6. The summed E-state index contributed by atoms with van der Waals surface area (Å²) in [5, 5.41) is 7.38. The third-order valence-electron chi connectivity index (χ3n) is 3.20. The second-order valence-corrected chi connectivity index (χ2v) is 5.42. The molecular formula is C13H23N3O2. The first kappa shape index (κ1) is 13.5. The van der Waals surface area contributed by atoms with Crippen LogP contribution in [-0.2, 0) is 17.7 Å². The van der Waals surface area contributed by atoms with Crippen molar-refractivity contribution in [3.63, 3.8) is 0 Å². The van der Waals surface area contributed by atoms with Crippen molar-refractivity contribution in [2.75, 3.05) is 6.61 Å². The van der Waals surface area contributed by atoms with E-state index in [9.17, 15) is 0 Å². The maximum atomic E-state index is 5.63. The highest BCUT2D eigenvalue weighted by Gasteiger charge is 2.22. The quantitative estimate of drug-likeness (QED) is 0.839. The molecule has 1 N–H and O–H groups in total. The van der Waals surface area contributed by atoms with Crippen LogP contribution in [0.5, 0.6) is 0 Å². The first-order valence-corrected chi connectivity index (χ1v) is 6.81. The van der Waals surface area contributed by atoms with Crippen molar-refractivity contribution in [1.29, 1.82) is 0 Å². The fraction of sp³-hybridized carbons (Fsp3) is 0.846. The molecule has 5 nitrogen and oxygen atoms in total. The van der Waals surface area contributed by atoms with Crippen LogP contribution in [0.1, 0.15) is 45.3 Å². The van der Waals surface area contributed by atoms with E-state index in [1.165, 1.54) is 0 Å². The molecule has 0 radical (unpaired) electrons. The molecule has 2 rings (SSSR count). The zero-order chi connectivity index (χ0) is 13.0. The Bertz CT molecular complexity index is 359. The van der Waals surface area contributed by atoms with E-state index in [0.717, 1.165) is 37.6 Å². The first-order chi connectivity index (χ1) is 8.65. The molecule has 2 heterocycles. The third kappa shape index (κ3) is 3.78. The van der Waals surface area contributed by atoms with Gasteiger partial charge in [-0.15, -0.1) is 0 Å². The van der Waals surface area contributed by atoms with E-state index < -0.39 is 0 Å². The predicted molar refractivity (Wildman–Crippen MR) is 68.1 cm³/mol. The smallest absolute Gasteiger partial charge is 0.226 e. The molecule has 1 aliphatic rings. The van der Waals surface area contributed by atoms with Gasteiger partial charge in [-0.3, -0.25) is 0 Å². The van der Waals surface area contributed by atoms with E-state index >= 15 is 0 Å². The summed E-state index contributed by atoms with van der Waals surface area (Å²) in [6, 6.07) is 0.333. The van der Waals surface area contributed by atoms with Crippen LogP contribution in [0.4, 0.5) is 0 Å². The van der Waals surface area contributed by atoms with Crippen molar-refractivity contribution in [2.24, 2.45) is 5.92 Å². The van der Waals surface area contributed by atoms with Crippen LogP contribution in [0.25, 0.3) is 0 Å². The minimum atomic E-state index is 0.326. The number of hydrogen-bond donors (Lipinski definition) is 1. The maximum absolute atomic E-state index is 5.63. The molecule has 0 unspecified atom stereocenters. The second-order valence-electron chi connectivity index (χ2n) is 5.42. The van der Waals surface area contributed by atoms with Crippen LogP contribution in [0.2, 0.25) is 0 Å². The maximum Gasteiger partial charge on any atom is 0.226 e. The summed E-state index contributed by atoms with van der Waals surface area (Å²) in [6.07, 6.45) is 3.47. The van der Waals surface area contributed by atoms with Gasteiger partial charge in [0.15, 0.2) is 5.82 Å². The molecule has 0 bridgehead atoms. The van der Waals surface area contributed by atoms with E-state index in [1.54, 1.807) is 0 Å². The van der Waals surface area contributed by atoms with E-state index in [4.69, 9.17) is 9.26 Å². The molecule has 1 aliphatic heterocycles. The molecule has 1 fully saturated rings. The van der Waals surface area contributed by atoms with Crippen molar-refractivity contribution in [2.45, 2.75) is 58.7 Å². The van der Waals surface area contributed by atoms with Gasteiger partial charge in [0.25, 0.3) is 0 Å². The minimum absolute atomic E-state index is 0.326. The molecule has 102 valence electrons. The summed E-state index contributed by atoms with van der Waals surface area (Å²) in [7, 11) is 0. The van der Waals surface area contributed by atoms with Gasteiger partial charge in [-0.25, -0.2) is 0 Å². The summed E-state index contributed by atoms with van der Waals surface area (Å²) in [4.78, 5) is 4.37. The Morgan fingerprint density at radius 3 is 2.89 bits per heavy atom. The van der Waals surface area contributed by atoms with E-state index in [0.29, 0.717) is 24.6 Å².